The number of benzene rings is 1. The monoisotopic (exact) mass is 194 g/mol. The average molecular weight is 194 g/mol. The van der Waals surface area contributed by atoms with Gasteiger partial charge in [0.1, 0.15) is 12.0 Å². The van der Waals surface area contributed by atoms with Crippen LogP contribution < -0.4 is 4.74 Å². The van der Waals surface area contributed by atoms with Gasteiger partial charge in [-0.3, -0.25) is 4.79 Å². The number of hydrogen-bond acceptors (Lipinski definition) is 3. The second kappa shape index (κ2) is 4.77. The molecule has 0 amide bonds. The van der Waals surface area contributed by atoms with E-state index in [1.807, 2.05) is 6.92 Å². The fraction of sp³-hybridized carbons (Fsp3) is 0.364. The van der Waals surface area contributed by atoms with E-state index in [9.17, 15) is 4.79 Å². The molecule has 0 spiro atoms. The third-order valence-corrected chi connectivity index (χ3v) is 2.23. The van der Waals surface area contributed by atoms with Crippen LogP contribution in [0.4, 0.5) is 0 Å². The Bertz CT molecular complexity index is 320. The summed E-state index contributed by atoms with van der Waals surface area (Å²) in [5.74, 6) is 0.649. The number of rotatable bonds is 4. The van der Waals surface area contributed by atoms with Crippen LogP contribution in [0.5, 0.6) is 5.75 Å². The SMILES string of the molecule is COc1ccc(C=O)c(C(C)CO)c1. The van der Waals surface area contributed by atoms with Crippen LogP contribution in [0.15, 0.2) is 18.2 Å². The second-order valence-corrected chi connectivity index (χ2v) is 3.20. The van der Waals surface area contributed by atoms with Crippen LogP contribution in [0, 0.1) is 0 Å². The van der Waals surface area contributed by atoms with Crippen LogP contribution in [0.1, 0.15) is 28.8 Å². The molecule has 0 bridgehead atoms. The molecule has 0 saturated carbocycles. The topological polar surface area (TPSA) is 46.5 Å². The van der Waals surface area contributed by atoms with Crippen LogP contribution in [-0.4, -0.2) is 25.1 Å². The lowest BCUT2D eigenvalue weighted by Crippen LogP contribution is -2.03. The zero-order chi connectivity index (χ0) is 10.6. The molecule has 0 saturated heterocycles. The van der Waals surface area contributed by atoms with E-state index in [0.717, 1.165) is 11.8 Å². The standard InChI is InChI=1S/C11H14O3/c1-8(6-12)11-5-10(14-2)4-3-9(11)7-13/h3-5,7-8,12H,6H2,1-2H3. The Hall–Kier alpha value is -1.35. The van der Waals surface area contributed by atoms with Gasteiger partial charge in [0.15, 0.2) is 0 Å². The predicted octanol–water partition coefficient (Wildman–Crippen LogP) is 1.60. The highest BCUT2D eigenvalue weighted by Crippen LogP contribution is 2.23. The Morgan fingerprint density at radius 3 is 2.79 bits per heavy atom. The molecule has 0 aliphatic heterocycles. The first kappa shape index (κ1) is 10.7. The van der Waals surface area contributed by atoms with E-state index >= 15 is 0 Å². The Labute approximate surface area is 83.3 Å². The van der Waals surface area contributed by atoms with Crippen LogP contribution in [0.2, 0.25) is 0 Å². The average Bonchev–Trinajstić information content (AvgIpc) is 2.27. The van der Waals surface area contributed by atoms with Crippen LogP contribution >= 0.6 is 0 Å². The van der Waals surface area contributed by atoms with Crippen LogP contribution in [0.25, 0.3) is 0 Å². The fourth-order valence-electron chi connectivity index (χ4n) is 1.31. The van der Waals surface area contributed by atoms with Crippen molar-refractivity contribution >= 4 is 6.29 Å². The summed E-state index contributed by atoms with van der Waals surface area (Å²) in [5, 5.41) is 9.02. The summed E-state index contributed by atoms with van der Waals surface area (Å²) in [6.45, 7) is 1.88. The summed E-state index contributed by atoms with van der Waals surface area (Å²) < 4.78 is 5.05. The van der Waals surface area contributed by atoms with Gasteiger partial charge in [-0.25, -0.2) is 0 Å². The minimum Gasteiger partial charge on any atom is -0.497 e. The highest BCUT2D eigenvalue weighted by Gasteiger charge is 2.10. The molecule has 1 N–H and O–H groups in total. The van der Waals surface area contributed by atoms with Gasteiger partial charge < -0.3 is 9.84 Å². The highest BCUT2D eigenvalue weighted by molar-refractivity contribution is 5.78. The summed E-state index contributed by atoms with van der Waals surface area (Å²) in [6, 6.07) is 5.22. The van der Waals surface area contributed by atoms with Gasteiger partial charge in [-0.15, -0.1) is 0 Å². The van der Waals surface area contributed by atoms with Crippen molar-refractivity contribution in [1.82, 2.24) is 0 Å². The molecule has 1 aromatic rings. The Balaban J connectivity index is 3.14. The first-order valence-corrected chi connectivity index (χ1v) is 4.47. The van der Waals surface area contributed by atoms with E-state index in [-0.39, 0.29) is 12.5 Å². The zero-order valence-electron chi connectivity index (χ0n) is 8.36. The quantitative estimate of drug-likeness (QED) is 0.740. The minimum atomic E-state index is -0.0506. The maximum atomic E-state index is 10.7. The molecule has 3 nitrogen and oxygen atoms in total. The molecule has 3 heteroatoms. The van der Waals surface area contributed by atoms with Gasteiger partial charge in [0.2, 0.25) is 0 Å². The number of aldehydes is 1. The van der Waals surface area contributed by atoms with Crippen molar-refractivity contribution in [3.8, 4) is 5.75 Å². The highest BCUT2D eigenvalue weighted by atomic mass is 16.5. The summed E-state index contributed by atoms with van der Waals surface area (Å²) in [6.07, 6.45) is 0.793. The Morgan fingerprint density at radius 2 is 2.29 bits per heavy atom. The van der Waals surface area contributed by atoms with Crippen LogP contribution in [0.3, 0.4) is 0 Å². The lowest BCUT2D eigenvalue weighted by molar-refractivity contribution is 0.112. The third-order valence-electron chi connectivity index (χ3n) is 2.23. The second-order valence-electron chi connectivity index (χ2n) is 3.20. The molecule has 1 unspecified atom stereocenters. The van der Waals surface area contributed by atoms with E-state index in [1.54, 1.807) is 25.3 Å². The third kappa shape index (κ3) is 2.12. The molecule has 76 valence electrons. The molecule has 0 aromatic heterocycles. The number of aliphatic hydroxyl groups is 1. The van der Waals surface area contributed by atoms with Crippen LogP contribution in [-0.2, 0) is 0 Å². The first-order valence-electron chi connectivity index (χ1n) is 4.47. The van der Waals surface area contributed by atoms with Gasteiger partial charge in [-0.2, -0.15) is 0 Å². The number of carbonyl (C=O) groups excluding carboxylic acids is 1. The minimum absolute atomic E-state index is 0.0218. The molecule has 14 heavy (non-hydrogen) atoms. The Kier molecular flexibility index (Phi) is 3.65. The number of ether oxygens (including phenoxy) is 1. The zero-order valence-corrected chi connectivity index (χ0v) is 8.36. The summed E-state index contributed by atoms with van der Waals surface area (Å²) in [5.41, 5.74) is 1.43. The normalized spacial score (nSPS) is 12.2. The maximum Gasteiger partial charge on any atom is 0.150 e. The smallest absolute Gasteiger partial charge is 0.150 e. The van der Waals surface area contributed by atoms with E-state index < -0.39 is 0 Å². The molecular formula is C11H14O3. The van der Waals surface area contributed by atoms with Crippen molar-refractivity contribution in [3.05, 3.63) is 29.3 Å². The molecule has 1 aromatic carbocycles. The Morgan fingerprint density at radius 1 is 1.57 bits per heavy atom. The lowest BCUT2D eigenvalue weighted by Gasteiger charge is -2.12. The summed E-state index contributed by atoms with van der Waals surface area (Å²) in [4.78, 5) is 10.7. The van der Waals surface area contributed by atoms with E-state index in [1.165, 1.54) is 0 Å². The summed E-state index contributed by atoms with van der Waals surface area (Å²) in [7, 11) is 1.57. The molecular weight excluding hydrogens is 180 g/mol. The van der Waals surface area contributed by atoms with E-state index in [2.05, 4.69) is 0 Å². The number of hydrogen-bond donors (Lipinski definition) is 1. The predicted molar refractivity (Wildman–Crippen MR) is 53.9 cm³/mol. The number of methoxy groups -OCH3 is 1. The molecule has 1 atom stereocenters. The lowest BCUT2D eigenvalue weighted by atomic mass is 9.97. The summed E-state index contributed by atoms with van der Waals surface area (Å²) >= 11 is 0. The van der Waals surface area contributed by atoms with Crippen molar-refractivity contribution in [2.75, 3.05) is 13.7 Å². The number of aliphatic hydroxyl groups excluding tert-OH is 1. The largest absolute Gasteiger partial charge is 0.497 e. The van der Waals surface area contributed by atoms with Gasteiger partial charge in [0.25, 0.3) is 0 Å². The van der Waals surface area contributed by atoms with Gasteiger partial charge in [0, 0.05) is 18.1 Å². The van der Waals surface area contributed by atoms with Crippen molar-refractivity contribution in [3.63, 3.8) is 0 Å². The molecule has 0 heterocycles. The fourth-order valence-corrected chi connectivity index (χ4v) is 1.31. The van der Waals surface area contributed by atoms with Gasteiger partial charge in [0.05, 0.1) is 7.11 Å². The molecule has 0 radical (unpaired) electrons. The molecule has 0 aliphatic rings. The van der Waals surface area contributed by atoms with Crippen molar-refractivity contribution in [1.29, 1.82) is 0 Å². The maximum absolute atomic E-state index is 10.7. The van der Waals surface area contributed by atoms with Crippen molar-refractivity contribution in [2.45, 2.75) is 12.8 Å². The van der Waals surface area contributed by atoms with Crippen molar-refractivity contribution < 1.29 is 14.6 Å². The number of carbonyl (C=O) groups is 1. The van der Waals surface area contributed by atoms with E-state index in [4.69, 9.17) is 9.84 Å². The molecule has 0 fully saturated rings. The van der Waals surface area contributed by atoms with Gasteiger partial charge in [-0.05, 0) is 23.8 Å². The van der Waals surface area contributed by atoms with Gasteiger partial charge >= 0.3 is 0 Å². The van der Waals surface area contributed by atoms with Crippen molar-refractivity contribution in [2.24, 2.45) is 0 Å². The first-order chi connectivity index (χ1) is 6.72. The van der Waals surface area contributed by atoms with Gasteiger partial charge in [-0.1, -0.05) is 6.92 Å². The van der Waals surface area contributed by atoms with E-state index in [0.29, 0.717) is 11.3 Å². The molecule has 0 aliphatic carbocycles. The molecule has 1 rings (SSSR count).